The molecule has 2 heteroatoms. The summed E-state index contributed by atoms with van der Waals surface area (Å²) in [5.41, 5.74) is 0. The Bertz CT molecular complexity index is 195. The van der Waals surface area contributed by atoms with E-state index in [2.05, 4.69) is 30.9 Å². The summed E-state index contributed by atoms with van der Waals surface area (Å²) in [6.07, 6.45) is 8.73. The fourth-order valence-corrected chi connectivity index (χ4v) is 4.36. The minimum absolute atomic E-state index is 0.533. The molecule has 1 aliphatic heterocycles. The van der Waals surface area contributed by atoms with Crippen molar-refractivity contribution in [2.75, 3.05) is 12.3 Å². The van der Waals surface area contributed by atoms with E-state index < -0.39 is 0 Å². The van der Waals surface area contributed by atoms with Crippen LogP contribution in [0.5, 0.6) is 0 Å². The molecular weight excluding hydrogens is 202 g/mol. The van der Waals surface area contributed by atoms with Crippen LogP contribution in [-0.4, -0.2) is 23.1 Å². The molecule has 1 saturated carbocycles. The summed E-state index contributed by atoms with van der Waals surface area (Å²) in [4.78, 5) is 0. The lowest BCUT2D eigenvalue weighted by atomic mass is 9.77. The van der Waals surface area contributed by atoms with Crippen LogP contribution in [0.1, 0.15) is 52.4 Å². The Kier molecular flexibility index (Phi) is 4.00. The van der Waals surface area contributed by atoms with Gasteiger partial charge in [0, 0.05) is 10.8 Å². The van der Waals surface area contributed by atoms with Crippen molar-refractivity contribution in [3.8, 4) is 0 Å². The van der Waals surface area contributed by atoms with Gasteiger partial charge in [0.05, 0.1) is 0 Å². The first-order valence-electron chi connectivity index (χ1n) is 6.62. The normalized spacial score (nSPS) is 34.0. The van der Waals surface area contributed by atoms with E-state index in [-0.39, 0.29) is 0 Å². The molecule has 2 aliphatic rings. The number of hydrogen-bond acceptors (Lipinski definition) is 2. The maximum atomic E-state index is 3.74. The predicted molar refractivity (Wildman–Crippen MR) is 69.5 cm³/mol. The number of thioether (sulfide) groups is 1. The molecule has 1 nitrogen and oxygen atoms in total. The van der Waals surface area contributed by atoms with Crippen LogP contribution in [0, 0.1) is 5.92 Å². The van der Waals surface area contributed by atoms with Crippen LogP contribution in [0.2, 0.25) is 0 Å². The minimum atomic E-state index is 0.533. The third kappa shape index (κ3) is 2.71. The Morgan fingerprint density at radius 2 is 2.20 bits per heavy atom. The van der Waals surface area contributed by atoms with E-state index in [4.69, 9.17) is 0 Å². The van der Waals surface area contributed by atoms with E-state index in [1.807, 2.05) is 0 Å². The Hall–Kier alpha value is 0.310. The van der Waals surface area contributed by atoms with Crippen LogP contribution in [0.3, 0.4) is 0 Å². The fraction of sp³-hybridized carbons (Fsp3) is 1.00. The standard InChI is InChI=1S/C13H25NS/c1-3-14-12(10-11-6-4-7-11)13(2)8-5-9-15-13/h11-12,14H,3-10H2,1-2H3. The van der Waals surface area contributed by atoms with Gasteiger partial charge in [0.25, 0.3) is 0 Å². The van der Waals surface area contributed by atoms with Gasteiger partial charge in [0.2, 0.25) is 0 Å². The molecular formula is C13H25NS. The highest BCUT2D eigenvalue weighted by Gasteiger charge is 2.39. The highest BCUT2D eigenvalue weighted by Crippen LogP contribution is 2.44. The highest BCUT2D eigenvalue weighted by atomic mass is 32.2. The minimum Gasteiger partial charge on any atom is -0.313 e. The third-order valence-corrected chi connectivity index (χ3v) is 5.87. The molecule has 0 aromatic rings. The summed E-state index contributed by atoms with van der Waals surface area (Å²) in [5.74, 6) is 2.41. The lowest BCUT2D eigenvalue weighted by Crippen LogP contribution is -2.47. The average Bonchev–Trinajstić information content (AvgIpc) is 2.57. The zero-order chi connectivity index (χ0) is 10.7. The molecule has 0 spiro atoms. The lowest BCUT2D eigenvalue weighted by molar-refractivity contribution is 0.238. The van der Waals surface area contributed by atoms with Gasteiger partial charge in [-0.05, 0) is 44.4 Å². The van der Waals surface area contributed by atoms with Crippen molar-refractivity contribution in [2.24, 2.45) is 5.92 Å². The summed E-state index contributed by atoms with van der Waals surface area (Å²) in [7, 11) is 0. The van der Waals surface area contributed by atoms with Crippen LogP contribution in [0.25, 0.3) is 0 Å². The van der Waals surface area contributed by atoms with Gasteiger partial charge in [-0.25, -0.2) is 0 Å². The van der Waals surface area contributed by atoms with Gasteiger partial charge < -0.3 is 5.32 Å². The van der Waals surface area contributed by atoms with Crippen molar-refractivity contribution in [1.29, 1.82) is 0 Å². The van der Waals surface area contributed by atoms with E-state index >= 15 is 0 Å². The molecule has 0 radical (unpaired) electrons. The van der Waals surface area contributed by atoms with Crippen molar-refractivity contribution in [3.05, 3.63) is 0 Å². The number of nitrogens with one attached hydrogen (secondary N) is 1. The molecule has 1 N–H and O–H groups in total. The molecule has 88 valence electrons. The SMILES string of the molecule is CCNC(CC1CCC1)C1(C)CCCS1. The van der Waals surface area contributed by atoms with Crippen molar-refractivity contribution >= 4 is 11.8 Å². The maximum absolute atomic E-state index is 3.74. The van der Waals surface area contributed by atoms with E-state index in [0.717, 1.165) is 18.5 Å². The molecule has 1 saturated heterocycles. The van der Waals surface area contributed by atoms with Gasteiger partial charge >= 0.3 is 0 Å². The van der Waals surface area contributed by atoms with Gasteiger partial charge in [0.15, 0.2) is 0 Å². The first-order chi connectivity index (χ1) is 7.24. The molecule has 0 amide bonds. The van der Waals surface area contributed by atoms with Gasteiger partial charge in [-0.2, -0.15) is 11.8 Å². The smallest absolute Gasteiger partial charge is 0.0285 e. The Labute approximate surface area is 98.8 Å². The predicted octanol–water partition coefficient (Wildman–Crippen LogP) is 3.44. The second-order valence-electron chi connectivity index (χ2n) is 5.41. The molecule has 2 fully saturated rings. The molecule has 0 bridgehead atoms. The van der Waals surface area contributed by atoms with Crippen LogP contribution < -0.4 is 5.32 Å². The monoisotopic (exact) mass is 227 g/mol. The molecule has 1 heterocycles. The van der Waals surface area contributed by atoms with Crippen molar-refractivity contribution in [3.63, 3.8) is 0 Å². The van der Waals surface area contributed by atoms with Gasteiger partial charge in [-0.1, -0.05) is 26.2 Å². The number of rotatable bonds is 5. The van der Waals surface area contributed by atoms with E-state index in [1.165, 1.54) is 44.3 Å². The zero-order valence-corrected chi connectivity index (χ0v) is 11.0. The fourth-order valence-electron chi connectivity index (χ4n) is 2.93. The molecule has 2 unspecified atom stereocenters. The Balaban J connectivity index is 1.91. The van der Waals surface area contributed by atoms with Crippen LogP contribution in [-0.2, 0) is 0 Å². The highest BCUT2D eigenvalue weighted by molar-refractivity contribution is 8.00. The van der Waals surface area contributed by atoms with E-state index in [9.17, 15) is 0 Å². The van der Waals surface area contributed by atoms with E-state index in [0.29, 0.717) is 4.75 Å². The summed E-state index contributed by atoms with van der Waals surface area (Å²) in [6.45, 7) is 5.86. The second-order valence-corrected chi connectivity index (χ2v) is 7.04. The summed E-state index contributed by atoms with van der Waals surface area (Å²) >= 11 is 2.21. The van der Waals surface area contributed by atoms with Crippen LogP contribution in [0.4, 0.5) is 0 Å². The van der Waals surface area contributed by atoms with Crippen LogP contribution in [0.15, 0.2) is 0 Å². The Morgan fingerprint density at radius 1 is 1.40 bits per heavy atom. The topological polar surface area (TPSA) is 12.0 Å². The molecule has 2 rings (SSSR count). The Morgan fingerprint density at radius 3 is 2.67 bits per heavy atom. The third-order valence-electron chi connectivity index (χ3n) is 4.23. The van der Waals surface area contributed by atoms with Crippen molar-refractivity contribution < 1.29 is 0 Å². The molecule has 1 aliphatic carbocycles. The van der Waals surface area contributed by atoms with Gasteiger partial charge in [0.1, 0.15) is 0 Å². The molecule has 15 heavy (non-hydrogen) atoms. The lowest BCUT2D eigenvalue weighted by Gasteiger charge is -2.38. The first kappa shape index (κ1) is 11.8. The summed E-state index contributed by atoms with van der Waals surface area (Å²) in [5, 5.41) is 3.74. The average molecular weight is 227 g/mol. The van der Waals surface area contributed by atoms with Crippen molar-refractivity contribution in [2.45, 2.75) is 63.2 Å². The molecule has 2 atom stereocenters. The number of hydrogen-bond donors (Lipinski definition) is 1. The van der Waals surface area contributed by atoms with Crippen molar-refractivity contribution in [1.82, 2.24) is 5.32 Å². The summed E-state index contributed by atoms with van der Waals surface area (Å²) < 4.78 is 0.533. The largest absolute Gasteiger partial charge is 0.313 e. The summed E-state index contributed by atoms with van der Waals surface area (Å²) in [6, 6.07) is 0.764. The maximum Gasteiger partial charge on any atom is 0.0285 e. The van der Waals surface area contributed by atoms with Gasteiger partial charge in [-0.3, -0.25) is 0 Å². The van der Waals surface area contributed by atoms with Gasteiger partial charge in [-0.15, -0.1) is 0 Å². The molecule has 0 aromatic heterocycles. The van der Waals surface area contributed by atoms with E-state index in [1.54, 1.807) is 0 Å². The first-order valence-corrected chi connectivity index (χ1v) is 7.60. The van der Waals surface area contributed by atoms with Crippen LogP contribution >= 0.6 is 11.8 Å². The quantitative estimate of drug-likeness (QED) is 0.772. The second kappa shape index (κ2) is 5.09. The molecule has 0 aromatic carbocycles. The zero-order valence-electron chi connectivity index (χ0n) is 10.2.